The van der Waals surface area contributed by atoms with Gasteiger partial charge < -0.3 is 15.0 Å². The molecule has 0 saturated carbocycles. The van der Waals surface area contributed by atoms with Crippen LogP contribution >= 0.6 is 0 Å². The summed E-state index contributed by atoms with van der Waals surface area (Å²) in [5.74, 6) is -1.25. The van der Waals surface area contributed by atoms with Crippen LogP contribution in [0.2, 0.25) is 0 Å². The minimum Gasteiger partial charge on any atom is -0.447 e. The molecular weight excluding hydrogens is 386 g/mol. The first-order chi connectivity index (χ1) is 13.9. The Hall–Kier alpha value is -3.43. The zero-order chi connectivity index (χ0) is 20.5. The number of hydrogen-bond donors (Lipinski definition) is 1. The van der Waals surface area contributed by atoms with Crippen LogP contribution in [0.3, 0.4) is 0 Å². The van der Waals surface area contributed by atoms with Gasteiger partial charge in [-0.2, -0.15) is 0 Å². The van der Waals surface area contributed by atoms with Gasteiger partial charge in [0.15, 0.2) is 0 Å². The van der Waals surface area contributed by atoms with Crippen molar-refractivity contribution in [2.75, 3.05) is 41.4 Å². The summed E-state index contributed by atoms with van der Waals surface area (Å²) in [6, 6.07) is 7.64. The number of carbonyl (C=O) groups excluding carboxylic acids is 1. The molecule has 1 unspecified atom stereocenters. The monoisotopic (exact) mass is 404 g/mol. The highest BCUT2D eigenvalue weighted by molar-refractivity contribution is 5.94. The van der Waals surface area contributed by atoms with E-state index in [1.165, 1.54) is 29.2 Å². The van der Waals surface area contributed by atoms with Crippen molar-refractivity contribution in [3.8, 4) is 0 Å². The number of ether oxygens (including phenoxy) is 1. The smallest absolute Gasteiger partial charge is 0.414 e. The lowest BCUT2D eigenvalue weighted by molar-refractivity contribution is -0.384. The lowest BCUT2D eigenvalue weighted by Gasteiger charge is -2.22. The molecule has 2 aromatic carbocycles. The largest absolute Gasteiger partial charge is 0.447 e. The van der Waals surface area contributed by atoms with Gasteiger partial charge in [-0.05, 0) is 24.6 Å². The lowest BCUT2D eigenvalue weighted by Crippen LogP contribution is -2.29. The number of cyclic esters (lactones) is 1. The van der Waals surface area contributed by atoms with E-state index in [-0.39, 0.29) is 18.3 Å². The van der Waals surface area contributed by atoms with Crippen molar-refractivity contribution in [3.63, 3.8) is 0 Å². The summed E-state index contributed by atoms with van der Waals surface area (Å²) in [5, 5.41) is 14.4. The van der Waals surface area contributed by atoms with Crippen molar-refractivity contribution < 1.29 is 23.2 Å². The predicted molar refractivity (Wildman–Crippen MR) is 102 cm³/mol. The number of rotatable bonds is 5. The van der Waals surface area contributed by atoms with Crippen LogP contribution in [0.1, 0.15) is 6.42 Å². The van der Waals surface area contributed by atoms with E-state index in [0.29, 0.717) is 43.1 Å². The van der Waals surface area contributed by atoms with E-state index in [1.54, 1.807) is 6.07 Å². The molecule has 29 heavy (non-hydrogen) atoms. The number of nitro groups is 1. The standard InChI is InChI=1S/C19H18F2N4O4/c20-12-1-4-17(15(21)9-12)23-6-5-13(11-23)22-16-3-2-14(25(27)28)10-18(16)24-7-8-29-19(24)26/h1-4,9-10,13,22H,5-8,11H2. The molecule has 1 N–H and O–H groups in total. The average Bonchev–Trinajstić information content (AvgIpc) is 3.31. The molecule has 0 bridgehead atoms. The summed E-state index contributed by atoms with van der Waals surface area (Å²) in [4.78, 5) is 25.7. The first-order valence-electron chi connectivity index (χ1n) is 9.11. The Morgan fingerprint density at radius 1 is 1.14 bits per heavy atom. The quantitative estimate of drug-likeness (QED) is 0.606. The summed E-state index contributed by atoms with van der Waals surface area (Å²) < 4.78 is 32.2. The third-order valence-corrected chi connectivity index (χ3v) is 5.04. The Labute approximate surface area is 164 Å². The number of anilines is 3. The Balaban J connectivity index is 1.55. The maximum atomic E-state index is 14.1. The van der Waals surface area contributed by atoms with Crippen molar-refractivity contribution in [1.82, 2.24) is 0 Å². The van der Waals surface area contributed by atoms with Gasteiger partial charge in [-0.15, -0.1) is 0 Å². The molecule has 0 aromatic heterocycles. The second kappa shape index (κ2) is 7.53. The first kappa shape index (κ1) is 18.9. The molecule has 2 fully saturated rings. The van der Waals surface area contributed by atoms with Crippen LogP contribution in [0.25, 0.3) is 0 Å². The third-order valence-electron chi connectivity index (χ3n) is 5.04. The van der Waals surface area contributed by atoms with Gasteiger partial charge in [-0.25, -0.2) is 13.6 Å². The lowest BCUT2D eigenvalue weighted by atomic mass is 10.2. The number of amides is 1. The Morgan fingerprint density at radius 2 is 1.97 bits per heavy atom. The summed E-state index contributed by atoms with van der Waals surface area (Å²) in [6.45, 7) is 1.53. The Bertz CT molecular complexity index is 971. The number of nitro benzene ring substituents is 1. The number of nitrogens with one attached hydrogen (secondary N) is 1. The number of benzene rings is 2. The molecule has 0 aliphatic carbocycles. The van der Waals surface area contributed by atoms with Crippen LogP contribution in [0, 0.1) is 21.7 Å². The van der Waals surface area contributed by atoms with Crippen LogP contribution in [0.5, 0.6) is 0 Å². The molecule has 2 saturated heterocycles. The molecule has 2 heterocycles. The van der Waals surface area contributed by atoms with E-state index >= 15 is 0 Å². The maximum absolute atomic E-state index is 14.1. The molecule has 2 aromatic rings. The fourth-order valence-corrected chi connectivity index (χ4v) is 3.65. The number of carbonyl (C=O) groups is 1. The minimum atomic E-state index is -0.631. The van der Waals surface area contributed by atoms with E-state index in [2.05, 4.69) is 5.32 Å². The fourth-order valence-electron chi connectivity index (χ4n) is 3.65. The molecule has 152 valence electrons. The van der Waals surface area contributed by atoms with Crippen molar-refractivity contribution in [2.45, 2.75) is 12.5 Å². The van der Waals surface area contributed by atoms with Gasteiger partial charge in [0.1, 0.15) is 18.2 Å². The van der Waals surface area contributed by atoms with Crippen molar-refractivity contribution in [1.29, 1.82) is 0 Å². The minimum absolute atomic E-state index is 0.0849. The molecule has 8 nitrogen and oxygen atoms in total. The molecule has 1 amide bonds. The van der Waals surface area contributed by atoms with Gasteiger partial charge >= 0.3 is 6.09 Å². The average molecular weight is 404 g/mol. The van der Waals surface area contributed by atoms with Crippen molar-refractivity contribution >= 4 is 28.8 Å². The second-order valence-electron chi connectivity index (χ2n) is 6.90. The topological polar surface area (TPSA) is 87.9 Å². The van der Waals surface area contributed by atoms with E-state index in [1.807, 2.05) is 4.90 Å². The first-order valence-corrected chi connectivity index (χ1v) is 9.11. The summed E-state index contributed by atoms with van der Waals surface area (Å²) in [5.41, 5.74) is 1.11. The highest BCUT2D eigenvalue weighted by Crippen LogP contribution is 2.34. The molecule has 2 aliphatic rings. The van der Waals surface area contributed by atoms with Crippen LogP contribution in [0.4, 0.5) is 36.3 Å². The normalized spacial score (nSPS) is 18.8. The van der Waals surface area contributed by atoms with Gasteiger partial charge in [-0.1, -0.05) is 0 Å². The van der Waals surface area contributed by atoms with Crippen molar-refractivity contribution in [3.05, 3.63) is 58.1 Å². The fraction of sp³-hybridized carbons (Fsp3) is 0.316. The van der Waals surface area contributed by atoms with Gasteiger partial charge in [0, 0.05) is 37.3 Å². The molecule has 10 heteroatoms. The van der Waals surface area contributed by atoms with Gasteiger partial charge in [0.25, 0.3) is 5.69 Å². The molecular formula is C19H18F2N4O4. The van der Waals surface area contributed by atoms with E-state index in [9.17, 15) is 23.7 Å². The van der Waals surface area contributed by atoms with Crippen LogP contribution < -0.4 is 15.1 Å². The molecule has 1 atom stereocenters. The zero-order valence-electron chi connectivity index (χ0n) is 15.3. The highest BCUT2D eigenvalue weighted by atomic mass is 19.1. The molecule has 2 aliphatic heterocycles. The van der Waals surface area contributed by atoms with E-state index in [4.69, 9.17) is 4.74 Å². The summed E-state index contributed by atoms with van der Waals surface area (Å²) in [7, 11) is 0. The number of hydrogen-bond acceptors (Lipinski definition) is 6. The molecule has 0 radical (unpaired) electrons. The number of halogens is 2. The highest BCUT2D eigenvalue weighted by Gasteiger charge is 2.30. The Kier molecular flexibility index (Phi) is 4.91. The van der Waals surface area contributed by atoms with Gasteiger partial charge in [-0.3, -0.25) is 15.0 Å². The molecule has 4 rings (SSSR count). The van der Waals surface area contributed by atoms with Gasteiger partial charge in [0.2, 0.25) is 0 Å². The second-order valence-corrected chi connectivity index (χ2v) is 6.90. The van der Waals surface area contributed by atoms with Crippen LogP contribution in [-0.4, -0.2) is 43.3 Å². The maximum Gasteiger partial charge on any atom is 0.414 e. The van der Waals surface area contributed by atoms with E-state index < -0.39 is 22.7 Å². The summed E-state index contributed by atoms with van der Waals surface area (Å²) >= 11 is 0. The third kappa shape index (κ3) is 3.78. The SMILES string of the molecule is O=C1OCCN1c1cc([N+](=O)[O-])ccc1NC1CCN(c2ccc(F)cc2F)C1. The Morgan fingerprint density at radius 3 is 2.66 bits per heavy atom. The van der Waals surface area contributed by atoms with E-state index in [0.717, 1.165) is 6.07 Å². The number of nitrogens with zero attached hydrogens (tertiary/aromatic N) is 3. The van der Waals surface area contributed by atoms with Crippen LogP contribution in [0.15, 0.2) is 36.4 Å². The molecule has 0 spiro atoms. The van der Waals surface area contributed by atoms with Gasteiger partial charge in [0.05, 0.1) is 28.5 Å². The predicted octanol–water partition coefficient (Wildman–Crippen LogP) is 3.52. The number of non-ortho nitro benzene ring substituents is 1. The van der Waals surface area contributed by atoms with Crippen LogP contribution in [-0.2, 0) is 4.74 Å². The summed E-state index contributed by atoms with van der Waals surface area (Å²) in [6.07, 6.45) is 0.118. The van der Waals surface area contributed by atoms with Crippen molar-refractivity contribution in [2.24, 2.45) is 0 Å². The zero-order valence-corrected chi connectivity index (χ0v) is 15.3.